The first kappa shape index (κ1) is 8.53. The Balaban J connectivity index is 2.39. The molecule has 3 nitrogen and oxygen atoms in total. The summed E-state index contributed by atoms with van der Waals surface area (Å²) in [6.45, 7) is 0. The van der Waals surface area contributed by atoms with Gasteiger partial charge in [0.25, 0.3) is 0 Å². The average Bonchev–Trinajstić information content (AvgIpc) is 2.03. The van der Waals surface area contributed by atoms with Crippen LogP contribution in [0, 0.1) is 5.92 Å². The molecule has 0 radical (unpaired) electrons. The highest BCUT2D eigenvalue weighted by molar-refractivity contribution is 5.72. The fourth-order valence-electron chi connectivity index (χ4n) is 1.61. The van der Waals surface area contributed by atoms with Crippen LogP contribution in [0.25, 0.3) is 0 Å². The van der Waals surface area contributed by atoms with Crippen LogP contribution in [0.15, 0.2) is 0 Å². The third kappa shape index (κ3) is 2.19. The van der Waals surface area contributed by atoms with Crippen LogP contribution in [0.4, 0.5) is 0 Å². The van der Waals surface area contributed by atoms with Gasteiger partial charge in [0.2, 0.25) is 0 Å². The SMILES string of the molecule is COC(=O)[C@H]1CCC[C@H](N)C1. The molecule has 1 aliphatic carbocycles. The molecule has 0 aromatic heterocycles. The molecule has 0 aromatic rings. The van der Waals surface area contributed by atoms with Crippen molar-refractivity contribution in [2.24, 2.45) is 11.7 Å². The van der Waals surface area contributed by atoms with Gasteiger partial charge >= 0.3 is 5.97 Å². The second-order valence-corrected chi connectivity index (χ2v) is 3.15. The van der Waals surface area contributed by atoms with E-state index in [1.807, 2.05) is 0 Å². The molecule has 1 saturated carbocycles. The maximum absolute atomic E-state index is 11.0. The third-order valence-corrected chi connectivity index (χ3v) is 2.25. The number of carbonyl (C=O) groups is 1. The number of esters is 1. The fraction of sp³-hybridized carbons (Fsp3) is 0.875. The summed E-state index contributed by atoms with van der Waals surface area (Å²) >= 11 is 0. The largest absolute Gasteiger partial charge is 0.469 e. The van der Waals surface area contributed by atoms with Crippen molar-refractivity contribution < 1.29 is 9.53 Å². The standard InChI is InChI=1S/C8H15NO2/c1-11-8(10)6-3-2-4-7(9)5-6/h6-7H,2-5,9H2,1H3/t6-,7-/m0/s1. The normalized spacial score (nSPS) is 31.5. The lowest BCUT2D eigenvalue weighted by atomic mass is 9.86. The predicted octanol–water partition coefficient (Wildman–Crippen LogP) is 0.677. The molecule has 2 atom stereocenters. The zero-order chi connectivity index (χ0) is 8.27. The van der Waals surface area contributed by atoms with Crippen LogP contribution in [0.3, 0.4) is 0 Å². The average molecular weight is 157 g/mol. The van der Waals surface area contributed by atoms with Crippen LogP contribution in [0.2, 0.25) is 0 Å². The molecule has 1 fully saturated rings. The van der Waals surface area contributed by atoms with Crippen molar-refractivity contribution in [2.45, 2.75) is 31.7 Å². The van der Waals surface area contributed by atoms with Gasteiger partial charge in [0, 0.05) is 6.04 Å². The zero-order valence-corrected chi connectivity index (χ0v) is 6.88. The maximum atomic E-state index is 11.0. The fourth-order valence-corrected chi connectivity index (χ4v) is 1.61. The number of rotatable bonds is 1. The number of ether oxygens (including phenoxy) is 1. The highest BCUT2D eigenvalue weighted by atomic mass is 16.5. The lowest BCUT2D eigenvalue weighted by molar-refractivity contribution is -0.146. The van der Waals surface area contributed by atoms with Crippen molar-refractivity contribution in [2.75, 3.05) is 7.11 Å². The van der Waals surface area contributed by atoms with Gasteiger partial charge in [0.1, 0.15) is 0 Å². The van der Waals surface area contributed by atoms with Crippen molar-refractivity contribution in [3.63, 3.8) is 0 Å². The van der Waals surface area contributed by atoms with Crippen LogP contribution in [0.5, 0.6) is 0 Å². The minimum atomic E-state index is -0.0971. The van der Waals surface area contributed by atoms with E-state index >= 15 is 0 Å². The van der Waals surface area contributed by atoms with Crippen molar-refractivity contribution in [3.8, 4) is 0 Å². The van der Waals surface area contributed by atoms with Crippen LogP contribution >= 0.6 is 0 Å². The van der Waals surface area contributed by atoms with Crippen LogP contribution < -0.4 is 5.73 Å². The van der Waals surface area contributed by atoms with E-state index in [1.54, 1.807) is 0 Å². The molecule has 3 heteroatoms. The van der Waals surface area contributed by atoms with Crippen molar-refractivity contribution in [3.05, 3.63) is 0 Å². The summed E-state index contributed by atoms with van der Waals surface area (Å²) in [6, 6.07) is 0.202. The van der Waals surface area contributed by atoms with Gasteiger partial charge in [-0.05, 0) is 19.3 Å². The minimum Gasteiger partial charge on any atom is -0.469 e. The van der Waals surface area contributed by atoms with E-state index in [2.05, 4.69) is 4.74 Å². The molecule has 1 aliphatic rings. The number of hydrogen-bond acceptors (Lipinski definition) is 3. The quantitative estimate of drug-likeness (QED) is 0.569. The second-order valence-electron chi connectivity index (χ2n) is 3.15. The van der Waals surface area contributed by atoms with Gasteiger partial charge in [-0.3, -0.25) is 4.79 Å². The molecule has 11 heavy (non-hydrogen) atoms. The van der Waals surface area contributed by atoms with Gasteiger partial charge < -0.3 is 10.5 Å². The Morgan fingerprint density at radius 1 is 1.55 bits per heavy atom. The van der Waals surface area contributed by atoms with E-state index < -0.39 is 0 Å². The molecular formula is C8H15NO2. The van der Waals surface area contributed by atoms with Gasteiger partial charge in [-0.25, -0.2) is 0 Å². The number of methoxy groups -OCH3 is 1. The van der Waals surface area contributed by atoms with Crippen molar-refractivity contribution >= 4 is 5.97 Å². The first-order valence-electron chi connectivity index (χ1n) is 4.07. The summed E-state index contributed by atoms with van der Waals surface area (Å²) in [5.41, 5.74) is 5.71. The molecule has 0 heterocycles. The molecular weight excluding hydrogens is 142 g/mol. The Bertz CT molecular complexity index is 147. The van der Waals surface area contributed by atoms with Crippen LogP contribution in [-0.4, -0.2) is 19.1 Å². The molecule has 0 aromatic carbocycles. The first-order valence-corrected chi connectivity index (χ1v) is 4.07. The van der Waals surface area contributed by atoms with E-state index in [9.17, 15) is 4.79 Å². The number of hydrogen-bond donors (Lipinski definition) is 1. The van der Waals surface area contributed by atoms with Gasteiger partial charge in [0.05, 0.1) is 13.0 Å². The van der Waals surface area contributed by atoms with Crippen molar-refractivity contribution in [1.29, 1.82) is 0 Å². The second kappa shape index (κ2) is 3.72. The van der Waals surface area contributed by atoms with E-state index in [-0.39, 0.29) is 17.9 Å². The molecule has 0 saturated heterocycles. The highest BCUT2D eigenvalue weighted by Gasteiger charge is 2.25. The van der Waals surface area contributed by atoms with Gasteiger partial charge in [-0.2, -0.15) is 0 Å². The Kier molecular flexibility index (Phi) is 2.88. The summed E-state index contributed by atoms with van der Waals surface area (Å²) in [6.07, 6.45) is 3.85. The number of nitrogens with two attached hydrogens (primary N) is 1. The smallest absolute Gasteiger partial charge is 0.308 e. The van der Waals surface area contributed by atoms with E-state index in [4.69, 9.17) is 5.73 Å². The predicted molar refractivity (Wildman–Crippen MR) is 41.9 cm³/mol. The lowest BCUT2D eigenvalue weighted by Gasteiger charge is -2.24. The molecule has 2 N–H and O–H groups in total. The zero-order valence-electron chi connectivity index (χ0n) is 6.88. The lowest BCUT2D eigenvalue weighted by Crippen LogP contribution is -2.32. The Morgan fingerprint density at radius 3 is 2.82 bits per heavy atom. The molecule has 64 valence electrons. The maximum Gasteiger partial charge on any atom is 0.308 e. The molecule has 0 spiro atoms. The molecule has 0 aliphatic heterocycles. The van der Waals surface area contributed by atoms with Gasteiger partial charge in [0.15, 0.2) is 0 Å². The van der Waals surface area contributed by atoms with E-state index in [0.717, 1.165) is 25.7 Å². The summed E-state index contributed by atoms with van der Waals surface area (Å²) in [5.74, 6) is -0.0381. The van der Waals surface area contributed by atoms with Crippen molar-refractivity contribution in [1.82, 2.24) is 0 Å². The Hall–Kier alpha value is -0.570. The minimum absolute atomic E-state index is 0.0590. The van der Waals surface area contributed by atoms with Crippen LogP contribution in [0.1, 0.15) is 25.7 Å². The van der Waals surface area contributed by atoms with E-state index in [0.29, 0.717) is 0 Å². The topological polar surface area (TPSA) is 52.3 Å². The summed E-state index contributed by atoms with van der Waals surface area (Å²) in [7, 11) is 1.43. The van der Waals surface area contributed by atoms with Gasteiger partial charge in [-0.1, -0.05) is 6.42 Å². The summed E-state index contributed by atoms with van der Waals surface area (Å²) in [4.78, 5) is 11.0. The highest BCUT2D eigenvalue weighted by Crippen LogP contribution is 2.23. The van der Waals surface area contributed by atoms with Gasteiger partial charge in [-0.15, -0.1) is 0 Å². The monoisotopic (exact) mass is 157 g/mol. The third-order valence-electron chi connectivity index (χ3n) is 2.25. The Labute approximate surface area is 66.9 Å². The molecule has 0 unspecified atom stereocenters. The summed E-state index contributed by atoms with van der Waals surface area (Å²) in [5, 5.41) is 0. The molecule has 0 amide bonds. The first-order chi connectivity index (χ1) is 5.24. The Morgan fingerprint density at radius 2 is 2.27 bits per heavy atom. The van der Waals surface area contributed by atoms with E-state index in [1.165, 1.54) is 7.11 Å². The summed E-state index contributed by atoms with van der Waals surface area (Å²) < 4.78 is 4.64. The molecule has 0 bridgehead atoms. The number of carbonyl (C=O) groups excluding carboxylic acids is 1. The van der Waals surface area contributed by atoms with Crippen LogP contribution in [-0.2, 0) is 9.53 Å². The molecule has 1 rings (SSSR count).